The van der Waals surface area contributed by atoms with Gasteiger partial charge in [0.1, 0.15) is 6.61 Å². The van der Waals surface area contributed by atoms with E-state index < -0.39 is 32.5 Å². The number of carbonyl (C=O) groups is 2. The summed E-state index contributed by atoms with van der Waals surface area (Å²) >= 11 is 0. The molecule has 0 saturated heterocycles. The van der Waals surface area contributed by atoms with Crippen LogP contribution in [0.1, 0.15) is 155 Å². The normalized spacial score (nSPS) is 14.0. The van der Waals surface area contributed by atoms with Crippen LogP contribution in [0.5, 0.6) is 0 Å². The fraction of sp³-hybridized carbons (Fsp3) is 0.707. The van der Waals surface area contributed by atoms with Crippen molar-refractivity contribution in [3.05, 3.63) is 60.8 Å². The first-order valence-electron chi connectivity index (χ1n) is 19.8. The van der Waals surface area contributed by atoms with Crippen LogP contribution in [0.15, 0.2) is 60.8 Å². The predicted octanol–water partition coefficient (Wildman–Crippen LogP) is 10.9. The Morgan fingerprint density at radius 3 is 1.63 bits per heavy atom. The number of phosphoric acid groups is 1. The monoisotopic (exact) mass is 737 g/mol. The van der Waals surface area contributed by atoms with Gasteiger partial charge in [-0.2, -0.15) is 0 Å². The van der Waals surface area contributed by atoms with Gasteiger partial charge in [-0.15, -0.1) is 0 Å². The summed E-state index contributed by atoms with van der Waals surface area (Å²) in [6.07, 6.45) is 42.6. The molecule has 0 radical (unpaired) electrons. The van der Waals surface area contributed by atoms with Gasteiger partial charge in [-0.25, -0.2) is 4.57 Å². The molecule has 0 aliphatic carbocycles. The van der Waals surface area contributed by atoms with E-state index in [2.05, 4.69) is 74.6 Å². The number of unbranched alkanes of at least 4 members (excludes halogenated alkanes) is 13. The van der Waals surface area contributed by atoms with Crippen molar-refractivity contribution in [2.75, 3.05) is 26.4 Å². The molecule has 3 N–H and O–H groups in total. The van der Waals surface area contributed by atoms with Crippen LogP contribution in [0, 0.1) is 0 Å². The zero-order valence-corrected chi connectivity index (χ0v) is 33.0. The van der Waals surface area contributed by atoms with E-state index in [0.717, 1.165) is 57.8 Å². The van der Waals surface area contributed by atoms with E-state index in [1.54, 1.807) is 0 Å². The van der Waals surface area contributed by atoms with Crippen LogP contribution in [0.4, 0.5) is 0 Å². The molecule has 2 atom stereocenters. The third-order valence-electron chi connectivity index (χ3n) is 7.89. The molecule has 294 valence electrons. The molecule has 0 aliphatic heterocycles. The minimum absolute atomic E-state index is 0.0423. The molecule has 51 heavy (non-hydrogen) atoms. The molecule has 0 bridgehead atoms. The smallest absolute Gasteiger partial charge is 0.462 e. The summed E-state index contributed by atoms with van der Waals surface area (Å²) in [5.41, 5.74) is 5.33. The van der Waals surface area contributed by atoms with Crippen molar-refractivity contribution in [1.82, 2.24) is 0 Å². The van der Waals surface area contributed by atoms with Crippen LogP contribution in [0.25, 0.3) is 0 Å². The highest BCUT2D eigenvalue weighted by atomic mass is 31.2. The highest BCUT2D eigenvalue weighted by molar-refractivity contribution is 7.47. The van der Waals surface area contributed by atoms with Gasteiger partial charge in [0.15, 0.2) is 6.10 Å². The maximum absolute atomic E-state index is 12.5. The first-order chi connectivity index (χ1) is 24.8. The molecule has 1 unspecified atom stereocenters. The Labute approximate surface area is 310 Å². The molecular formula is C41H72NO8P. The molecule has 0 aliphatic rings. The van der Waals surface area contributed by atoms with E-state index in [4.69, 9.17) is 24.3 Å². The Hall–Kier alpha value is -2.29. The lowest BCUT2D eigenvalue weighted by Crippen LogP contribution is -2.29. The van der Waals surface area contributed by atoms with Crippen molar-refractivity contribution in [3.8, 4) is 0 Å². The van der Waals surface area contributed by atoms with Crippen molar-refractivity contribution in [1.29, 1.82) is 0 Å². The minimum atomic E-state index is -4.39. The highest BCUT2D eigenvalue weighted by Crippen LogP contribution is 2.43. The summed E-state index contributed by atoms with van der Waals surface area (Å²) in [6.45, 7) is 3.52. The minimum Gasteiger partial charge on any atom is -0.462 e. The number of ether oxygens (including phenoxy) is 2. The molecular weight excluding hydrogens is 665 g/mol. The SMILES string of the molecule is CC/C=C/C/C=C/C/C=C/C/C=C/CCCCC(=O)OC[C@H](COP(=O)(O)OCCN)OC(=O)CCCC/C=C/CCCCCCCCCCC. The van der Waals surface area contributed by atoms with Crippen LogP contribution >= 0.6 is 7.82 Å². The van der Waals surface area contributed by atoms with Crippen molar-refractivity contribution in [2.45, 2.75) is 161 Å². The zero-order valence-electron chi connectivity index (χ0n) is 32.1. The molecule has 0 amide bonds. The number of nitrogens with two attached hydrogens (primary N) is 1. The van der Waals surface area contributed by atoms with Gasteiger partial charge in [-0.1, -0.05) is 126 Å². The summed E-state index contributed by atoms with van der Waals surface area (Å²) in [7, 11) is -4.39. The van der Waals surface area contributed by atoms with Gasteiger partial charge in [0.2, 0.25) is 0 Å². The van der Waals surface area contributed by atoms with Crippen molar-refractivity contribution in [2.24, 2.45) is 5.73 Å². The average Bonchev–Trinajstić information content (AvgIpc) is 3.11. The second-order valence-electron chi connectivity index (χ2n) is 12.8. The number of phosphoric ester groups is 1. The standard InChI is InChI=1S/C41H72NO8P/c1-3-5-7-9-11-13-15-17-19-21-23-25-27-29-31-33-40(43)47-37-39(38-49-51(45,46)48-36-35-42)50-41(44)34-32-30-28-26-24-22-20-18-16-14-12-10-8-6-4-2/h5,7,11,13,17,19,23-26,39H,3-4,6,8-10,12,14-16,18,20-22,27-38,42H2,1-2H3,(H,45,46)/b7-5+,13-11+,19-17+,25-23+,26-24+/t39-/m1/s1. The van der Waals surface area contributed by atoms with Crippen molar-refractivity contribution >= 4 is 19.8 Å². The summed E-state index contributed by atoms with van der Waals surface area (Å²) in [6, 6.07) is 0. The van der Waals surface area contributed by atoms with Crippen LogP contribution < -0.4 is 5.73 Å². The lowest BCUT2D eigenvalue weighted by molar-refractivity contribution is -0.161. The van der Waals surface area contributed by atoms with E-state index in [1.165, 1.54) is 57.8 Å². The van der Waals surface area contributed by atoms with Gasteiger partial charge in [0.05, 0.1) is 13.2 Å². The van der Waals surface area contributed by atoms with E-state index >= 15 is 0 Å². The van der Waals surface area contributed by atoms with Crippen molar-refractivity contribution < 1.29 is 37.6 Å². The molecule has 0 aromatic heterocycles. The Kier molecular flexibility index (Phi) is 35.8. The summed E-state index contributed by atoms with van der Waals surface area (Å²) < 4.78 is 32.6. The number of hydrogen-bond donors (Lipinski definition) is 2. The van der Waals surface area contributed by atoms with Gasteiger partial charge < -0.3 is 20.1 Å². The lowest BCUT2D eigenvalue weighted by Gasteiger charge is -2.19. The lowest BCUT2D eigenvalue weighted by atomic mass is 10.1. The Balaban J connectivity index is 4.32. The van der Waals surface area contributed by atoms with E-state index in [-0.39, 0.29) is 32.6 Å². The van der Waals surface area contributed by atoms with Crippen LogP contribution in [-0.4, -0.2) is 49.3 Å². The van der Waals surface area contributed by atoms with Gasteiger partial charge in [-0.3, -0.25) is 18.6 Å². The first-order valence-corrected chi connectivity index (χ1v) is 21.3. The molecule has 0 heterocycles. The van der Waals surface area contributed by atoms with Gasteiger partial charge in [0, 0.05) is 19.4 Å². The Morgan fingerprint density at radius 1 is 0.608 bits per heavy atom. The van der Waals surface area contributed by atoms with Gasteiger partial charge in [-0.05, 0) is 77.0 Å². The Morgan fingerprint density at radius 2 is 1.08 bits per heavy atom. The molecule has 0 saturated carbocycles. The summed E-state index contributed by atoms with van der Waals surface area (Å²) in [5.74, 6) is -0.908. The topological polar surface area (TPSA) is 134 Å². The van der Waals surface area contributed by atoms with E-state index in [0.29, 0.717) is 12.8 Å². The summed E-state index contributed by atoms with van der Waals surface area (Å²) in [4.78, 5) is 34.7. The molecule has 0 aromatic carbocycles. The average molecular weight is 738 g/mol. The van der Waals surface area contributed by atoms with E-state index in [9.17, 15) is 19.0 Å². The number of carbonyl (C=O) groups excluding carboxylic acids is 2. The van der Waals surface area contributed by atoms with E-state index in [1.807, 2.05) is 0 Å². The number of allylic oxidation sites excluding steroid dienone is 10. The van der Waals surface area contributed by atoms with Crippen LogP contribution in [0.2, 0.25) is 0 Å². The first kappa shape index (κ1) is 48.7. The fourth-order valence-corrected chi connectivity index (χ4v) is 5.74. The largest absolute Gasteiger partial charge is 0.472 e. The third-order valence-corrected chi connectivity index (χ3v) is 8.87. The zero-order chi connectivity index (χ0) is 37.5. The number of hydrogen-bond acceptors (Lipinski definition) is 8. The van der Waals surface area contributed by atoms with Gasteiger partial charge in [0.25, 0.3) is 0 Å². The molecule has 0 rings (SSSR count). The molecule has 0 fully saturated rings. The molecule has 0 aromatic rings. The summed E-state index contributed by atoms with van der Waals surface area (Å²) in [5, 5.41) is 0. The number of esters is 2. The number of rotatable bonds is 36. The van der Waals surface area contributed by atoms with Crippen molar-refractivity contribution in [3.63, 3.8) is 0 Å². The van der Waals surface area contributed by atoms with Crippen LogP contribution in [0.3, 0.4) is 0 Å². The Bertz CT molecular complexity index is 1020. The molecule has 10 heteroatoms. The predicted molar refractivity (Wildman–Crippen MR) is 210 cm³/mol. The maximum Gasteiger partial charge on any atom is 0.472 e. The molecule has 0 spiro atoms. The second kappa shape index (κ2) is 37.5. The fourth-order valence-electron chi connectivity index (χ4n) is 4.97. The second-order valence-corrected chi connectivity index (χ2v) is 14.2. The molecule has 9 nitrogen and oxygen atoms in total. The maximum atomic E-state index is 12.5. The third kappa shape index (κ3) is 37.3. The van der Waals surface area contributed by atoms with Gasteiger partial charge >= 0.3 is 19.8 Å². The quantitative estimate of drug-likeness (QED) is 0.0279. The van der Waals surface area contributed by atoms with Crippen LogP contribution in [-0.2, 0) is 32.7 Å². The highest BCUT2D eigenvalue weighted by Gasteiger charge is 2.25.